The first-order valence-electron chi connectivity index (χ1n) is 4.52. The van der Waals surface area contributed by atoms with E-state index >= 15 is 0 Å². The standard InChI is InChI=1S/C11H10ClN3/c12-6-8-5-10(11(13)15-7-8)9-1-3-14-4-2-9/h1-5,7H,6H2,(H2,13,15). The molecule has 2 heterocycles. The van der Waals surface area contributed by atoms with Crippen molar-refractivity contribution < 1.29 is 0 Å². The number of pyridine rings is 2. The Morgan fingerprint density at radius 3 is 2.67 bits per heavy atom. The Bertz CT molecular complexity index is 457. The van der Waals surface area contributed by atoms with E-state index in [4.69, 9.17) is 17.3 Å². The van der Waals surface area contributed by atoms with Gasteiger partial charge in [0, 0.05) is 30.0 Å². The van der Waals surface area contributed by atoms with Gasteiger partial charge in [0.1, 0.15) is 5.82 Å². The molecule has 0 amide bonds. The SMILES string of the molecule is Nc1ncc(CCl)cc1-c1ccncc1. The van der Waals surface area contributed by atoms with Crippen molar-refractivity contribution in [3.63, 3.8) is 0 Å². The van der Waals surface area contributed by atoms with Crippen LogP contribution in [0.2, 0.25) is 0 Å². The first kappa shape index (κ1) is 9.93. The Labute approximate surface area is 92.9 Å². The van der Waals surface area contributed by atoms with Crippen LogP contribution in [0.15, 0.2) is 36.8 Å². The Hall–Kier alpha value is -1.61. The minimum absolute atomic E-state index is 0.436. The van der Waals surface area contributed by atoms with Crippen molar-refractivity contribution in [2.75, 3.05) is 5.73 Å². The molecular weight excluding hydrogens is 210 g/mol. The third-order valence-electron chi connectivity index (χ3n) is 2.12. The van der Waals surface area contributed by atoms with Crippen LogP contribution in [0.4, 0.5) is 5.82 Å². The second kappa shape index (κ2) is 4.28. The Morgan fingerprint density at radius 1 is 1.27 bits per heavy atom. The minimum Gasteiger partial charge on any atom is -0.383 e. The van der Waals surface area contributed by atoms with Gasteiger partial charge in [-0.15, -0.1) is 11.6 Å². The van der Waals surface area contributed by atoms with Crippen LogP contribution in [0.3, 0.4) is 0 Å². The topological polar surface area (TPSA) is 51.8 Å². The van der Waals surface area contributed by atoms with Gasteiger partial charge in [-0.2, -0.15) is 0 Å². The number of hydrogen-bond acceptors (Lipinski definition) is 3. The summed E-state index contributed by atoms with van der Waals surface area (Å²) in [7, 11) is 0. The number of alkyl halides is 1. The molecule has 0 saturated carbocycles. The van der Waals surface area contributed by atoms with E-state index in [1.807, 2.05) is 18.2 Å². The summed E-state index contributed by atoms with van der Waals surface area (Å²) in [6.07, 6.45) is 5.14. The zero-order chi connectivity index (χ0) is 10.7. The van der Waals surface area contributed by atoms with Crippen LogP contribution in [-0.2, 0) is 5.88 Å². The fraction of sp³-hybridized carbons (Fsp3) is 0.0909. The number of nitrogen functional groups attached to an aromatic ring is 1. The number of nitrogens with zero attached hydrogens (tertiary/aromatic N) is 2. The average Bonchev–Trinajstić information content (AvgIpc) is 2.31. The lowest BCUT2D eigenvalue weighted by molar-refractivity contribution is 1.25. The fourth-order valence-electron chi connectivity index (χ4n) is 1.35. The van der Waals surface area contributed by atoms with Gasteiger partial charge < -0.3 is 5.73 Å². The van der Waals surface area contributed by atoms with Gasteiger partial charge in [0.2, 0.25) is 0 Å². The molecule has 0 aliphatic carbocycles. The number of anilines is 1. The summed E-state index contributed by atoms with van der Waals surface area (Å²) < 4.78 is 0. The number of nitrogens with two attached hydrogens (primary N) is 1. The van der Waals surface area contributed by atoms with Crippen LogP contribution in [0.5, 0.6) is 0 Å². The molecule has 0 atom stereocenters. The van der Waals surface area contributed by atoms with Crippen LogP contribution in [-0.4, -0.2) is 9.97 Å². The maximum Gasteiger partial charge on any atom is 0.131 e. The molecule has 2 aromatic heterocycles. The van der Waals surface area contributed by atoms with E-state index in [2.05, 4.69) is 9.97 Å². The highest BCUT2D eigenvalue weighted by Crippen LogP contribution is 2.24. The van der Waals surface area contributed by atoms with Crippen molar-refractivity contribution in [2.45, 2.75) is 5.88 Å². The molecule has 0 aromatic carbocycles. The van der Waals surface area contributed by atoms with E-state index in [-0.39, 0.29) is 0 Å². The van der Waals surface area contributed by atoms with Crippen LogP contribution in [0.25, 0.3) is 11.1 Å². The first-order valence-corrected chi connectivity index (χ1v) is 5.05. The maximum absolute atomic E-state index is 5.80. The molecule has 76 valence electrons. The molecule has 0 fully saturated rings. The molecule has 0 unspecified atom stereocenters. The van der Waals surface area contributed by atoms with E-state index in [1.165, 1.54) is 0 Å². The van der Waals surface area contributed by atoms with Crippen molar-refractivity contribution in [1.82, 2.24) is 9.97 Å². The minimum atomic E-state index is 0.436. The molecule has 15 heavy (non-hydrogen) atoms. The zero-order valence-electron chi connectivity index (χ0n) is 8.02. The van der Waals surface area contributed by atoms with Crippen LogP contribution in [0.1, 0.15) is 5.56 Å². The summed E-state index contributed by atoms with van der Waals surface area (Å²) in [5.74, 6) is 0.945. The lowest BCUT2D eigenvalue weighted by Gasteiger charge is -2.05. The Balaban J connectivity index is 2.52. The number of rotatable bonds is 2. The molecular formula is C11H10ClN3. The summed E-state index contributed by atoms with van der Waals surface area (Å²) in [5, 5.41) is 0. The average molecular weight is 220 g/mol. The van der Waals surface area contributed by atoms with Crippen molar-refractivity contribution >= 4 is 17.4 Å². The van der Waals surface area contributed by atoms with Gasteiger partial charge in [-0.05, 0) is 29.3 Å². The van der Waals surface area contributed by atoms with Crippen molar-refractivity contribution in [1.29, 1.82) is 0 Å². The smallest absolute Gasteiger partial charge is 0.131 e. The van der Waals surface area contributed by atoms with Crippen molar-refractivity contribution in [3.8, 4) is 11.1 Å². The van der Waals surface area contributed by atoms with Gasteiger partial charge >= 0.3 is 0 Å². The molecule has 0 radical (unpaired) electrons. The highest BCUT2D eigenvalue weighted by Gasteiger charge is 2.04. The van der Waals surface area contributed by atoms with E-state index < -0.39 is 0 Å². The lowest BCUT2D eigenvalue weighted by Crippen LogP contribution is -1.95. The van der Waals surface area contributed by atoms with Crippen LogP contribution in [0, 0.1) is 0 Å². The Kier molecular flexibility index (Phi) is 2.83. The monoisotopic (exact) mass is 219 g/mol. The zero-order valence-corrected chi connectivity index (χ0v) is 8.78. The van der Waals surface area contributed by atoms with Crippen molar-refractivity contribution in [2.24, 2.45) is 0 Å². The molecule has 3 nitrogen and oxygen atoms in total. The van der Waals surface area contributed by atoms with Gasteiger partial charge in [-0.3, -0.25) is 4.98 Å². The summed E-state index contributed by atoms with van der Waals surface area (Å²) in [5.41, 5.74) is 8.66. The molecule has 2 aromatic rings. The molecule has 2 N–H and O–H groups in total. The van der Waals surface area contributed by atoms with Crippen LogP contribution < -0.4 is 5.73 Å². The summed E-state index contributed by atoms with van der Waals surface area (Å²) in [4.78, 5) is 8.06. The summed E-state index contributed by atoms with van der Waals surface area (Å²) in [6.45, 7) is 0. The third-order valence-corrected chi connectivity index (χ3v) is 2.43. The Morgan fingerprint density at radius 2 is 2.00 bits per heavy atom. The predicted octanol–water partition coefficient (Wildman–Crippen LogP) is 2.46. The lowest BCUT2D eigenvalue weighted by atomic mass is 10.1. The molecule has 0 spiro atoms. The molecule has 0 saturated heterocycles. The number of halogens is 1. The summed E-state index contributed by atoms with van der Waals surface area (Å²) in [6, 6.07) is 5.74. The second-order valence-corrected chi connectivity index (χ2v) is 3.41. The highest BCUT2D eigenvalue weighted by atomic mass is 35.5. The van der Waals surface area contributed by atoms with Gasteiger partial charge in [0.05, 0.1) is 0 Å². The quantitative estimate of drug-likeness (QED) is 0.790. The van der Waals surface area contributed by atoms with Gasteiger partial charge in [0.15, 0.2) is 0 Å². The van der Waals surface area contributed by atoms with Gasteiger partial charge in [0.25, 0.3) is 0 Å². The normalized spacial score (nSPS) is 10.2. The predicted molar refractivity (Wildman–Crippen MR) is 61.4 cm³/mol. The highest BCUT2D eigenvalue weighted by molar-refractivity contribution is 6.17. The summed E-state index contributed by atoms with van der Waals surface area (Å²) >= 11 is 5.75. The first-order chi connectivity index (χ1) is 7.31. The molecule has 2 rings (SSSR count). The van der Waals surface area contributed by atoms with Gasteiger partial charge in [-0.1, -0.05) is 0 Å². The van der Waals surface area contributed by atoms with Gasteiger partial charge in [-0.25, -0.2) is 4.98 Å². The maximum atomic E-state index is 5.80. The second-order valence-electron chi connectivity index (χ2n) is 3.15. The largest absolute Gasteiger partial charge is 0.383 e. The fourth-order valence-corrected chi connectivity index (χ4v) is 1.50. The molecule has 0 aliphatic rings. The molecule has 4 heteroatoms. The van der Waals surface area contributed by atoms with E-state index in [9.17, 15) is 0 Å². The molecule has 0 bridgehead atoms. The number of aromatic nitrogens is 2. The number of hydrogen-bond donors (Lipinski definition) is 1. The van der Waals surface area contributed by atoms with E-state index in [1.54, 1.807) is 18.6 Å². The van der Waals surface area contributed by atoms with E-state index in [0.29, 0.717) is 11.7 Å². The molecule has 0 aliphatic heterocycles. The van der Waals surface area contributed by atoms with Crippen LogP contribution >= 0.6 is 11.6 Å². The van der Waals surface area contributed by atoms with E-state index in [0.717, 1.165) is 16.7 Å². The third kappa shape index (κ3) is 2.07. The van der Waals surface area contributed by atoms with Crippen molar-refractivity contribution in [3.05, 3.63) is 42.4 Å².